The van der Waals surface area contributed by atoms with Crippen LogP contribution >= 0.6 is 0 Å². The van der Waals surface area contributed by atoms with E-state index in [0.717, 1.165) is 34.2 Å². The van der Waals surface area contributed by atoms with Gasteiger partial charge in [-0.05, 0) is 90.0 Å². The first-order valence-electron chi connectivity index (χ1n) is 13.4. The van der Waals surface area contributed by atoms with Crippen molar-refractivity contribution < 1.29 is 9.59 Å². The highest BCUT2D eigenvalue weighted by Gasteiger charge is 2.08. The second-order valence-electron chi connectivity index (χ2n) is 9.75. The number of rotatable bonds is 9. The van der Waals surface area contributed by atoms with E-state index in [9.17, 15) is 9.59 Å². The molecule has 40 heavy (non-hydrogen) atoms. The highest BCUT2D eigenvalue weighted by atomic mass is 16.2. The number of urea groups is 1. The third-order valence-electron chi connectivity index (χ3n) is 6.19. The van der Waals surface area contributed by atoms with Gasteiger partial charge in [0, 0.05) is 60.3 Å². The number of pyridine rings is 2. The third kappa shape index (κ3) is 8.53. The minimum absolute atomic E-state index is 0.0855. The number of amides is 3. The molecule has 202 valence electrons. The number of hydrogen-bond donors (Lipinski definition) is 3. The number of benzene rings is 2. The van der Waals surface area contributed by atoms with Gasteiger partial charge in [-0.3, -0.25) is 14.8 Å². The quantitative estimate of drug-likeness (QED) is 0.242. The van der Waals surface area contributed by atoms with Gasteiger partial charge in [-0.2, -0.15) is 0 Å². The van der Waals surface area contributed by atoms with E-state index in [1.165, 1.54) is 0 Å². The van der Waals surface area contributed by atoms with E-state index in [1.54, 1.807) is 36.9 Å². The largest absolute Gasteiger partial charge is 0.352 e. The molecule has 4 aromatic rings. The summed E-state index contributed by atoms with van der Waals surface area (Å²) in [6.45, 7) is 5.41. The maximum absolute atomic E-state index is 12.5. The van der Waals surface area contributed by atoms with Crippen LogP contribution < -0.4 is 16.0 Å². The Morgan fingerprint density at radius 2 is 1.65 bits per heavy atom. The minimum atomic E-state index is -0.290. The molecule has 0 radical (unpaired) electrons. The van der Waals surface area contributed by atoms with Crippen LogP contribution in [0.25, 0.3) is 11.1 Å². The second-order valence-corrected chi connectivity index (χ2v) is 9.75. The molecule has 3 amide bonds. The molecule has 0 atom stereocenters. The van der Waals surface area contributed by atoms with Crippen LogP contribution in [0.3, 0.4) is 0 Å². The zero-order chi connectivity index (χ0) is 28.2. The highest BCUT2D eigenvalue weighted by Crippen LogP contribution is 2.26. The van der Waals surface area contributed by atoms with Gasteiger partial charge in [0.25, 0.3) is 5.91 Å². The fraction of sp³-hybridized carbons (Fsp3) is 0.212. The Morgan fingerprint density at radius 1 is 0.850 bits per heavy atom. The molecule has 0 unspecified atom stereocenters. The molecule has 0 aliphatic carbocycles. The second kappa shape index (κ2) is 14.3. The summed E-state index contributed by atoms with van der Waals surface area (Å²) >= 11 is 0. The summed E-state index contributed by atoms with van der Waals surface area (Å²) in [5.74, 6) is 6.90. The Morgan fingerprint density at radius 3 is 2.38 bits per heavy atom. The van der Waals surface area contributed by atoms with E-state index in [0.29, 0.717) is 36.7 Å². The predicted octanol–water partition coefficient (Wildman–Crippen LogP) is 5.68. The topological polar surface area (TPSA) is 96.0 Å². The van der Waals surface area contributed by atoms with Crippen molar-refractivity contribution in [2.75, 3.05) is 18.4 Å². The van der Waals surface area contributed by atoms with E-state index in [-0.39, 0.29) is 11.9 Å². The van der Waals surface area contributed by atoms with Crippen LogP contribution in [-0.2, 0) is 6.42 Å². The summed E-state index contributed by atoms with van der Waals surface area (Å²) < 4.78 is 0. The molecule has 4 rings (SSSR count). The number of carbonyl (C=O) groups excluding carboxylic acids is 2. The molecule has 3 N–H and O–H groups in total. The van der Waals surface area contributed by atoms with E-state index in [2.05, 4.69) is 51.6 Å². The molecule has 7 nitrogen and oxygen atoms in total. The molecular weight excluding hydrogens is 498 g/mol. The Bertz CT molecular complexity index is 1470. The number of nitrogens with zero attached hydrogens (tertiary/aromatic N) is 2. The molecular formula is C33H33N5O2. The molecule has 0 spiro atoms. The SMILES string of the molecule is CC(C)CCNC(=O)c1ccc(C#Cc2cc(NC(=O)NCCc3cccnc3)ccc2-c2ccncc2)cc1. The lowest BCUT2D eigenvalue weighted by Gasteiger charge is -2.11. The van der Waals surface area contributed by atoms with Crippen LogP contribution in [0.2, 0.25) is 0 Å². The fourth-order valence-corrected chi connectivity index (χ4v) is 3.97. The first kappa shape index (κ1) is 28.1. The van der Waals surface area contributed by atoms with Crippen LogP contribution in [0.4, 0.5) is 10.5 Å². The highest BCUT2D eigenvalue weighted by molar-refractivity contribution is 5.94. The van der Waals surface area contributed by atoms with Gasteiger partial charge in [0.15, 0.2) is 0 Å². The maximum Gasteiger partial charge on any atom is 0.319 e. The van der Waals surface area contributed by atoms with E-state index >= 15 is 0 Å². The average Bonchev–Trinajstić information content (AvgIpc) is 2.97. The maximum atomic E-state index is 12.5. The number of aromatic nitrogens is 2. The molecule has 0 saturated carbocycles. The standard InChI is InChI=1S/C33H33N5O2/c1-24(2)13-20-36-32(39)28-8-5-25(6-9-28)7-10-29-22-30(11-12-31(29)27-15-18-34-19-16-27)38-33(40)37-21-14-26-4-3-17-35-23-26/h3-6,8-9,11-12,15-19,22-24H,13-14,20-21H2,1-2H3,(H,36,39)(H2,37,38,40). The zero-order valence-electron chi connectivity index (χ0n) is 22.8. The van der Waals surface area contributed by atoms with Crippen LogP contribution in [-0.4, -0.2) is 35.0 Å². The van der Waals surface area contributed by atoms with Crippen molar-refractivity contribution >= 4 is 17.6 Å². The van der Waals surface area contributed by atoms with Gasteiger partial charge in [-0.15, -0.1) is 0 Å². The lowest BCUT2D eigenvalue weighted by molar-refractivity contribution is 0.0952. The van der Waals surface area contributed by atoms with Crippen molar-refractivity contribution in [2.24, 2.45) is 5.92 Å². The van der Waals surface area contributed by atoms with Gasteiger partial charge in [-0.25, -0.2) is 4.79 Å². The van der Waals surface area contributed by atoms with Crippen LogP contribution in [0, 0.1) is 17.8 Å². The average molecular weight is 532 g/mol. The number of nitrogens with one attached hydrogen (secondary N) is 3. The summed E-state index contributed by atoms with van der Waals surface area (Å²) in [4.78, 5) is 33.1. The molecule has 0 aliphatic heterocycles. The molecule has 0 fully saturated rings. The molecule has 7 heteroatoms. The number of hydrogen-bond acceptors (Lipinski definition) is 4. The van der Waals surface area contributed by atoms with Gasteiger partial charge in [0.2, 0.25) is 0 Å². The lowest BCUT2D eigenvalue weighted by atomic mass is 9.99. The summed E-state index contributed by atoms with van der Waals surface area (Å²) in [6, 6.07) is 20.3. The van der Waals surface area contributed by atoms with Crippen molar-refractivity contribution in [3.05, 3.63) is 114 Å². The third-order valence-corrected chi connectivity index (χ3v) is 6.19. The summed E-state index contributed by atoms with van der Waals surface area (Å²) in [5, 5.41) is 8.73. The van der Waals surface area contributed by atoms with Gasteiger partial charge in [-0.1, -0.05) is 37.8 Å². The van der Waals surface area contributed by atoms with Crippen molar-refractivity contribution in [3.8, 4) is 23.0 Å². The first-order valence-corrected chi connectivity index (χ1v) is 13.4. The summed E-state index contributed by atoms with van der Waals surface area (Å²) in [7, 11) is 0. The lowest BCUT2D eigenvalue weighted by Crippen LogP contribution is -2.30. The van der Waals surface area contributed by atoms with E-state index in [1.807, 2.05) is 54.6 Å². The van der Waals surface area contributed by atoms with Gasteiger partial charge in [0.1, 0.15) is 0 Å². The molecule has 0 aliphatic rings. The smallest absolute Gasteiger partial charge is 0.319 e. The normalized spacial score (nSPS) is 10.4. The molecule has 0 saturated heterocycles. The van der Waals surface area contributed by atoms with Crippen molar-refractivity contribution in [1.29, 1.82) is 0 Å². The summed E-state index contributed by atoms with van der Waals surface area (Å²) in [6.07, 6.45) is 8.62. The van der Waals surface area contributed by atoms with Crippen LogP contribution in [0.5, 0.6) is 0 Å². The van der Waals surface area contributed by atoms with Gasteiger partial charge >= 0.3 is 6.03 Å². The van der Waals surface area contributed by atoms with Gasteiger partial charge in [0.05, 0.1) is 0 Å². The van der Waals surface area contributed by atoms with E-state index in [4.69, 9.17) is 0 Å². The van der Waals surface area contributed by atoms with Crippen molar-refractivity contribution in [1.82, 2.24) is 20.6 Å². The minimum Gasteiger partial charge on any atom is -0.352 e. The van der Waals surface area contributed by atoms with Crippen LogP contribution in [0.15, 0.2) is 91.5 Å². The predicted molar refractivity (Wildman–Crippen MR) is 159 cm³/mol. The van der Waals surface area contributed by atoms with Crippen molar-refractivity contribution in [3.63, 3.8) is 0 Å². The number of anilines is 1. The molecule has 2 aromatic heterocycles. The van der Waals surface area contributed by atoms with Crippen LogP contribution in [0.1, 0.15) is 47.3 Å². The monoisotopic (exact) mass is 531 g/mol. The molecule has 2 heterocycles. The fourth-order valence-electron chi connectivity index (χ4n) is 3.97. The molecule has 0 bridgehead atoms. The Kier molecular flexibility index (Phi) is 10.0. The Labute approximate surface area is 235 Å². The Hall–Kier alpha value is -4.96. The first-order chi connectivity index (χ1) is 19.5. The zero-order valence-corrected chi connectivity index (χ0v) is 22.8. The van der Waals surface area contributed by atoms with Gasteiger partial charge < -0.3 is 16.0 Å². The summed E-state index contributed by atoms with van der Waals surface area (Å²) in [5.41, 5.74) is 5.74. The Balaban J connectivity index is 1.47. The number of carbonyl (C=O) groups is 2. The van der Waals surface area contributed by atoms with Crippen molar-refractivity contribution in [2.45, 2.75) is 26.7 Å². The molecule has 2 aromatic carbocycles. The van der Waals surface area contributed by atoms with E-state index < -0.39 is 0 Å².